The summed E-state index contributed by atoms with van der Waals surface area (Å²) < 4.78 is 14.5. The Labute approximate surface area is 173 Å². The number of fused-ring (bicyclic) bond motifs is 2. The molecule has 2 aromatic heterocycles. The molecule has 2 fully saturated rings. The number of carbonyl (C=O) groups is 1. The molecule has 1 saturated heterocycles. The average molecular weight is 409 g/mol. The number of H-pyrrole nitrogens is 1. The average Bonchev–Trinajstić information content (AvgIpc) is 3.13. The molecule has 0 bridgehead atoms. The maximum absolute atomic E-state index is 14.5. The molecular weight excluding hydrogens is 385 g/mol. The zero-order valence-corrected chi connectivity index (χ0v) is 16.8. The molecule has 0 spiro atoms. The number of pyridine rings is 1. The molecule has 7 nitrogen and oxygen atoms in total. The molecule has 2 aliphatic rings. The van der Waals surface area contributed by atoms with E-state index in [1.807, 2.05) is 11.8 Å². The van der Waals surface area contributed by atoms with Crippen molar-refractivity contribution in [1.29, 1.82) is 0 Å². The number of aromatic hydroxyl groups is 1. The minimum atomic E-state index is -0.595. The molecule has 1 aliphatic heterocycles. The summed E-state index contributed by atoms with van der Waals surface area (Å²) in [6.07, 6.45) is 4.37. The van der Waals surface area contributed by atoms with E-state index in [4.69, 9.17) is 0 Å². The first-order chi connectivity index (χ1) is 14.5. The molecule has 1 aliphatic carbocycles. The van der Waals surface area contributed by atoms with Crippen molar-refractivity contribution in [2.75, 3.05) is 13.1 Å². The van der Waals surface area contributed by atoms with E-state index in [2.05, 4.69) is 20.5 Å². The van der Waals surface area contributed by atoms with Crippen molar-refractivity contribution in [1.82, 2.24) is 25.4 Å². The number of aromatic amines is 1. The summed E-state index contributed by atoms with van der Waals surface area (Å²) in [7, 11) is 0. The van der Waals surface area contributed by atoms with Crippen LogP contribution in [0.25, 0.3) is 22.3 Å². The van der Waals surface area contributed by atoms with Crippen LogP contribution in [0.4, 0.5) is 4.39 Å². The number of halogens is 1. The number of nitrogens with one attached hydrogen (secondary N) is 2. The SMILES string of the molecule is Cc1[nH]nc2nc(-c3ccc(O)cc3F)cc(C(=O)N3CCN[C@H]4CCCC[C@@H]43)c12. The Morgan fingerprint density at radius 2 is 2.10 bits per heavy atom. The minimum absolute atomic E-state index is 0.0641. The molecule has 0 unspecified atom stereocenters. The molecule has 5 rings (SSSR count). The third kappa shape index (κ3) is 3.11. The summed E-state index contributed by atoms with van der Waals surface area (Å²) in [5.41, 5.74) is 2.18. The van der Waals surface area contributed by atoms with Crippen LogP contribution in [0.2, 0.25) is 0 Å². The molecule has 1 amide bonds. The summed E-state index contributed by atoms with van der Waals surface area (Å²) in [6, 6.07) is 6.07. The van der Waals surface area contributed by atoms with Crippen LogP contribution in [0.3, 0.4) is 0 Å². The summed E-state index contributed by atoms with van der Waals surface area (Å²) in [5, 5.41) is 20.9. The Kier molecular flexibility index (Phi) is 4.66. The van der Waals surface area contributed by atoms with Gasteiger partial charge in [-0.3, -0.25) is 9.89 Å². The third-order valence-electron chi connectivity index (χ3n) is 6.31. The van der Waals surface area contributed by atoms with Crippen LogP contribution in [-0.4, -0.2) is 56.3 Å². The van der Waals surface area contributed by atoms with Crippen molar-refractivity contribution in [3.05, 3.63) is 41.3 Å². The van der Waals surface area contributed by atoms with Gasteiger partial charge in [0.25, 0.3) is 5.91 Å². The van der Waals surface area contributed by atoms with Crippen LogP contribution in [0.1, 0.15) is 41.7 Å². The first kappa shape index (κ1) is 19.0. The van der Waals surface area contributed by atoms with Crippen molar-refractivity contribution >= 4 is 16.9 Å². The van der Waals surface area contributed by atoms with Gasteiger partial charge in [-0.1, -0.05) is 12.8 Å². The van der Waals surface area contributed by atoms with Crippen LogP contribution in [0.5, 0.6) is 5.75 Å². The highest BCUT2D eigenvalue weighted by molar-refractivity contribution is 6.07. The lowest BCUT2D eigenvalue weighted by atomic mass is 9.87. The number of aryl methyl sites for hydroxylation is 1. The predicted molar refractivity (Wildman–Crippen MR) is 111 cm³/mol. The number of nitrogens with zero attached hydrogens (tertiary/aromatic N) is 3. The smallest absolute Gasteiger partial charge is 0.255 e. The molecule has 8 heteroatoms. The van der Waals surface area contributed by atoms with Crippen molar-refractivity contribution in [3.63, 3.8) is 0 Å². The molecule has 2 atom stereocenters. The second kappa shape index (κ2) is 7.36. The number of phenolic OH excluding ortho intramolecular Hbond substituents is 1. The summed E-state index contributed by atoms with van der Waals surface area (Å²) in [5.74, 6) is -0.818. The van der Waals surface area contributed by atoms with E-state index >= 15 is 0 Å². The third-order valence-corrected chi connectivity index (χ3v) is 6.31. The van der Waals surface area contributed by atoms with Gasteiger partial charge >= 0.3 is 0 Å². The molecule has 1 aromatic carbocycles. The summed E-state index contributed by atoms with van der Waals surface area (Å²) >= 11 is 0. The fourth-order valence-corrected chi connectivity index (χ4v) is 4.86. The number of benzene rings is 1. The van der Waals surface area contributed by atoms with Crippen LogP contribution in [0, 0.1) is 12.7 Å². The Balaban J connectivity index is 1.62. The number of rotatable bonds is 2. The first-order valence-electron chi connectivity index (χ1n) is 10.4. The minimum Gasteiger partial charge on any atom is -0.508 e. The van der Waals surface area contributed by atoms with Crippen molar-refractivity contribution in [2.45, 2.75) is 44.7 Å². The van der Waals surface area contributed by atoms with E-state index in [-0.39, 0.29) is 23.3 Å². The Hall–Kier alpha value is -3.00. The number of hydrogen-bond donors (Lipinski definition) is 3. The van der Waals surface area contributed by atoms with Crippen molar-refractivity contribution < 1.29 is 14.3 Å². The van der Waals surface area contributed by atoms with Crippen molar-refractivity contribution in [2.24, 2.45) is 0 Å². The van der Waals surface area contributed by atoms with Gasteiger partial charge in [-0.15, -0.1) is 0 Å². The molecule has 1 saturated carbocycles. The van der Waals surface area contributed by atoms with E-state index in [0.717, 1.165) is 37.6 Å². The van der Waals surface area contributed by atoms with E-state index in [1.165, 1.54) is 18.6 Å². The topological polar surface area (TPSA) is 94.1 Å². The lowest BCUT2D eigenvalue weighted by Gasteiger charge is -2.44. The number of phenols is 1. The van der Waals surface area contributed by atoms with Crippen LogP contribution >= 0.6 is 0 Å². The predicted octanol–water partition coefficient (Wildman–Crippen LogP) is 3.13. The molecule has 3 heterocycles. The lowest BCUT2D eigenvalue weighted by Crippen LogP contribution is -2.60. The van der Waals surface area contributed by atoms with Crippen molar-refractivity contribution in [3.8, 4) is 17.0 Å². The van der Waals surface area contributed by atoms with E-state index in [1.54, 1.807) is 6.07 Å². The highest BCUT2D eigenvalue weighted by Gasteiger charge is 2.36. The monoisotopic (exact) mass is 409 g/mol. The zero-order valence-electron chi connectivity index (χ0n) is 16.8. The number of amides is 1. The van der Waals surface area contributed by atoms with Gasteiger partial charge in [-0.05, 0) is 38.0 Å². The zero-order chi connectivity index (χ0) is 20.8. The van der Waals surface area contributed by atoms with Gasteiger partial charge < -0.3 is 15.3 Å². The van der Waals surface area contributed by atoms with Crippen LogP contribution in [-0.2, 0) is 0 Å². The van der Waals surface area contributed by atoms with E-state index < -0.39 is 5.82 Å². The number of hydrogen-bond acceptors (Lipinski definition) is 5. The maximum Gasteiger partial charge on any atom is 0.255 e. The largest absolute Gasteiger partial charge is 0.508 e. The van der Waals surface area contributed by atoms with Gasteiger partial charge in [0.15, 0.2) is 5.65 Å². The standard InChI is InChI=1S/C22H24FN5O2/c1-12-20-15(22(30)28-9-8-24-17-4-2-3-5-19(17)28)11-18(25-21(20)27-26-12)14-7-6-13(29)10-16(14)23/h6-7,10-11,17,19,24,29H,2-5,8-9H2,1H3,(H,25,26,27)/t17-,19-/m0/s1. The molecule has 3 N–H and O–H groups in total. The molecule has 0 radical (unpaired) electrons. The van der Waals surface area contributed by atoms with Gasteiger partial charge in [0.2, 0.25) is 0 Å². The highest BCUT2D eigenvalue weighted by atomic mass is 19.1. The van der Waals surface area contributed by atoms with Gasteiger partial charge in [-0.25, -0.2) is 9.37 Å². The number of aromatic nitrogens is 3. The Morgan fingerprint density at radius 1 is 1.27 bits per heavy atom. The second-order valence-corrected chi connectivity index (χ2v) is 8.18. The van der Waals surface area contributed by atoms with Gasteiger partial charge in [-0.2, -0.15) is 5.10 Å². The first-order valence-corrected chi connectivity index (χ1v) is 10.4. The Bertz CT molecular complexity index is 1130. The summed E-state index contributed by atoms with van der Waals surface area (Å²) in [6.45, 7) is 3.27. The molecule has 3 aromatic rings. The molecule has 30 heavy (non-hydrogen) atoms. The number of piperazine rings is 1. The highest BCUT2D eigenvalue weighted by Crippen LogP contribution is 2.32. The van der Waals surface area contributed by atoms with Gasteiger partial charge in [0, 0.05) is 42.5 Å². The van der Waals surface area contributed by atoms with E-state index in [9.17, 15) is 14.3 Å². The quantitative estimate of drug-likeness (QED) is 0.605. The summed E-state index contributed by atoms with van der Waals surface area (Å²) in [4.78, 5) is 20.2. The normalized spacial score (nSPS) is 21.6. The fourth-order valence-electron chi connectivity index (χ4n) is 4.86. The van der Waals surface area contributed by atoms with Crippen LogP contribution < -0.4 is 5.32 Å². The fraction of sp³-hybridized carbons (Fsp3) is 0.409. The van der Waals surface area contributed by atoms with Gasteiger partial charge in [0.05, 0.1) is 16.6 Å². The lowest BCUT2D eigenvalue weighted by molar-refractivity contribution is 0.0491. The maximum atomic E-state index is 14.5. The molecule has 156 valence electrons. The second-order valence-electron chi connectivity index (χ2n) is 8.18. The van der Waals surface area contributed by atoms with Gasteiger partial charge in [0.1, 0.15) is 11.6 Å². The number of carbonyl (C=O) groups excluding carboxylic acids is 1. The molecular formula is C22H24FN5O2. The van der Waals surface area contributed by atoms with Crippen LogP contribution in [0.15, 0.2) is 24.3 Å². The van der Waals surface area contributed by atoms with E-state index in [0.29, 0.717) is 34.9 Å². The Morgan fingerprint density at radius 3 is 2.93 bits per heavy atom.